The maximum Gasteiger partial charge on any atom is 0.191 e. The molecule has 0 aliphatic carbocycles. The number of nitrogens with zero attached hydrogens (tertiary/aromatic N) is 2. The predicted molar refractivity (Wildman–Crippen MR) is 81.3 cm³/mol. The van der Waals surface area contributed by atoms with Crippen molar-refractivity contribution in [1.82, 2.24) is 15.5 Å². The van der Waals surface area contributed by atoms with E-state index >= 15 is 0 Å². The van der Waals surface area contributed by atoms with Crippen molar-refractivity contribution in [2.24, 2.45) is 4.99 Å². The highest BCUT2D eigenvalue weighted by Gasteiger charge is 2.12. The van der Waals surface area contributed by atoms with Gasteiger partial charge in [0.25, 0.3) is 0 Å². The summed E-state index contributed by atoms with van der Waals surface area (Å²) in [5.74, 6) is 0.937. The van der Waals surface area contributed by atoms with E-state index in [0.717, 1.165) is 38.6 Å². The van der Waals surface area contributed by atoms with Crippen molar-refractivity contribution in [3.8, 4) is 0 Å². The first kappa shape index (κ1) is 17.2. The summed E-state index contributed by atoms with van der Waals surface area (Å²) in [5.41, 5.74) is 0. The molecule has 0 heterocycles. The third-order valence-corrected chi connectivity index (χ3v) is 2.83. The van der Waals surface area contributed by atoms with E-state index < -0.39 is 0 Å². The number of aliphatic imine (C=N–C) groups is 1. The van der Waals surface area contributed by atoms with Crippen LogP contribution in [-0.2, 0) is 0 Å². The summed E-state index contributed by atoms with van der Waals surface area (Å²) >= 11 is 0. The largest absolute Gasteiger partial charge is 0.357 e. The fourth-order valence-electron chi connectivity index (χ4n) is 1.98. The van der Waals surface area contributed by atoms with Crippen LogP contribution in [0.2, 0.25) is 0 Å². The van der Waals surface area contributed by atoms with Crippen LogP contribution in [0.15, 0.2) is 4.99 Å². The summed E-state index contributed by atoms with van der Waals surface area (Å²) in [6.45, 7) is 17.0. The monoisotopic (exact) mass is 256 g/mol. The van der Waals surface area contributed by atoms with Gasteiger partial charge in [-0.15, -0.1) is 0 Å². The highest BCUT2D eigenvalue weighted by Crippen LogP contribution is 2.03. The highest BCUT2D eigenvalue weighted by atomic mass is 15.2. The number of hydrogen-bond donors (Lipinski definition) is 2. The average molecular weight is 256 g/mol. The van der Waals surface area contributed by atoms with E-state index in [2.05, 4.69) is 62.1 Å². The van der Waals surface area contributed by atoms with E-state index in [4.69, 9.17) is 0 Å². The third kappa shape index (κ3) is 7.54. The smallest absolute Gasteiger partial charge is 0.191 e. The van der Waals surface area contributed by atoms with E-state index in [1.54, 1.807) is 0 Å². The Morgan fingerprint density at radius 3 is 2.11 bits per heavy atom. The van der Waals surface area contributed by atoms with Crippen molar-refractivity contribution in [1.29, 1.82) is 0 Å². The van der Waals surface area contributed by atoms with Gasteiger partial charge in [0.2, 0.25) is 0 Å². The average Bonchev–Trinajstić information content (AvgIpc) is 2.30. The second kappa shape index (κ2) is 10.2. The molecule has 0 bridgehead atoms. The van der Waals surface area contributed by atoms with Crippen LogP contribution in [0, 0.1) is 0 Å². The van der Waals surface area contributed by atoms with Gasteiger partial charge >= 0.3 is 0 Å². The number of nitrogens with one attached hydrogen (secondary N) is 2. The molecular weight excluding hydrogens is 224 g/mol. The first-order valence-electron chi connectivity index (χ1n) is 7.30. The molecule has 0 aromatic heterocycles. The molecule has 0 saturated heterocycles. The molecular formula is C14H32N4. The van der Waals surface area contributed by atoms with Gasteiger partial charge in [-0.2, -0.15) is 0 Å². The maximum atomic E-state index is 4.49. The van der Waals surface area contributed by atoms with Crippen LogP contribution in [0.1, 0.15) is 48.0 Å². The van der Waals surface area contributed by atoms with Crippen molar-refractivity contribution in [3.05, 3.63) is 0 Å². The summed E-state index contributed by atoms with van der Waals surface area (Å²) < 4.78 is 0. The number of guanidine groups is 1. The Morgan fingerprint density at radius 1 is 1.06 bits per heavy atom. The first-order valence-corrected chi connectivity index (χ1v) is 7.30. The molecule has 0 fully saturated rings. The minimum absolute atomic E-state index is 0.585. The zero-order chi connectivity index (χ0) is 14.0. The van der Waals surface area contributed by atoms with Gasteiger partial charge in [-0.1, -0.05) is 6.92 Å². The van der Waals surface area contributed by atoms with Gasteiger partial charge in [0, 0.05) is 38.3 Å². The van der Waals surface area contributed by atoms with Crippen LogP contribution in [-0.4, -0.2) is 49.1 Å². The minimum Gasteiger partial charge on any atom is -0.357 e. The number of hydrogen-bond acceptors (Lipinski definition) is 2. The second-order valence-corrected chi connectivity index (χ2v) is 5.11. The Bertz CT molecular complexity index is 216. The molecule has 0 radical (unpaired) electrons. The normalized spacial score (nSPS) is 12.6. The lowest BCUT2D eigenvalue weighted by Gasteiger charge is -2.30. The minimum atomic E-state index is 0.585. The van der Waals surface area contributed by atoms with Gasteiger partial charge in [-0.25, -0.2) is 0 Å². The maximum absolute atomic E-state index is 4.49. The van der Waals surface area contributed by atoms with E-state index in [9.17, 15) is 0 Å². The van der Waals surface area contributed by atoms with Gasteiger partial charge in [0.1, 0.15) is 0 Å². The lowest BCUT2D eigenvalue weighted by atomic mass is 10.2. The summed E-state index contributed by atoms with van der Waals surface area (Å²) in [4.78, 5) is 6.98. The molecule has 4 nitrogen and oxygen atoms in total. The van der Waals surface area contributed by atoms with Crippen molar-refractivity contribution >= 4 is 5.96 Å². The Hall–Kier alpha value is -0.770. The van der Waals surface area contributed by atoms with Crippen LogP contribution in [0.3, 0.4) is 0 Å². The second-order valence-electron chi connectivity index (χ2n) is 5.11. The van der Waals surface area contributed by atoms with E-state index in [1.807, 2.05) is 0 Å². The Balaban J connectivity index is 4.11. The third-order valence-electron chi connectivity index (χ3n) is 2.83. The van der Waals surface area contributed by atoms with Crippen LogP contribution in [0.5, 0.6) is 0 Å². The van der Waals surface area contributed by atoms with Crippen LogP contribution < -0.4 is 10.6 Å². The summed E-state index contributed by atoms with van der Waals surface area (Å²) in [6, 6.07) is 1.17. The Kier molecular flexibility index (Phi) is 9.74. The zero-order valence-corrected chi connectivity index (χ0v) is 13.1. The summed E-state index contributed by atoms with van der Waals surface area (Å²) in [6.07, 6.45) is 1.08. The fourth-order valence-corrected chi connectivity index (χ4v) is 1.98. The van der Waals surface area contributed by atoms with E-state index in [-0.39, 0.29) is 0 Å². The van der Waals surface area contributed by atoms with E-state index in [0.29, 0.717) is 12.1 Å². The van der Waals surface area contributed by atoms with Crippen molar-refractivity contribution in [2.45, 2.75) is 60.0 Å². The molecule has 0 aromatic carbocycles. The van der Waals surface area contributed by atoms with Gasteiger partial charge < -0.3 is 10.6 Å². The topological polar surface area (TPSA) is 39.7 Å². The molecule has 0 saturated carbocycles. The number of rotatable bonds is 8. The molecule has 18 heavy (non-hydrogen) atoms. The van der Waals surface area contributed by atoms with Gasteiger partial charge in [-0.3, -0.25) is 9.89 Å². The van der Waals surface area contributed by atoms with Gasteiger partial charge in [-0.05, 0) is 41.0 Å². The Labute approximate surface area is 113 Å². The molecule has 0 amide bonds. The standard InChI is InChI=1S/C14H32N4/c1-7-9-16-14(15-8-2)17-10-11-18(12(3)4)13(5)6/h12-13H,7-11H2,1-6H3,(H2,15,16,17). The first-order chi connectivity index (χ1) is 8.52. The summed E-state index contributed by atoms with van der Waals surface area (Å²) in [5, 5.41) is 6.66. The molecule has 0 aromatic rings. The molecule has 2 N–H and O–H groups in total. The SMILES string of the molecule is CCCN=C(NCC)NCCN(C(C)C)C(C)C. The van der Waals surface area contributed by atoms with Crippen molar-refractivity contribution < 1.29 is 0 Å². The quantitative estimate of drug-likeness (QED) is 0.516. The molecule has 4 heteroatoms. The van der Waals surface area contributed by atoms with Crippen LogP contribution >= 0.6 is 0 Å². The van der Waals surface area contributed by atoms with Gasteiger partial charge in [0.05, 0.1) is 0 Å². The highest BCUT2D eigenvalue weighted by molar-refractivity contribution is 5.79. The molecule has 0 aliphatic rings. The van der Waals surface area contributed by atoms with E-state index in [1.165, 1.54) is 0 Å². The lowest BCUT2D eigenvalue weighted by molar-refractivity contribution is 0.178. The molecule has 0 rings (SSSR count). The van der Waals surface area contributed by atoms with Crippen LogP contribution in [0.25, 0.3) is 0 Å². The lowest BCUT2D eigenvalue weighted by Crippen LogP contribution is -2.45. The van der Waals surface area contributed by atoms with Crippen molar-refractivity contribution in [3.63, 3.8) is 0 Å². The zero-order valence-electron chi connectivity index (χ0n) is 13.1. The molecule has 0 atom stereocenters. The Morgan fingerprint density at radius 2 is 1.67 bits per heavy atom. The molecule has 0 unspecified atom stereocenters. The molecule has 0 spiro atoms. The van der Waals surface area contributed by atoms with Crippen molar-refractivity contribution in [2.75, 3.05) is 26.2 Å². The summed E-state index contributed by atoms with van der Waals surface area (Å²) in [7, 11) is 0. The van der Waals surface area contributed by atoms with Gasteiger partial charge in [0.15, 0.2) is 5.96 Å². The molecule has 0 aliphatic heterocycles. The van der Waals surface area contributed by atoms with Crippen LogP contribution in [0.4, 0.5) is 0 Å². The predicted octanol–water partition coefficient (Wildman–Crippen LogP) is 2.07. The molecule has 108 valence electrons. The fraction of sp³-hybridized carbons (Fsp3) is 0.929.